The zero-order chi connectivity index (χ0) is 22.0. The lowest BCUT2D eigenvalue weighted by atomic mass is 9.61. The lowest BCUT2D eigenvalue weighted by molar-refractivity contribution is -0.236. The van der Waals surface area contributed by atoms with Crippen LogP contribution in [-0.4, -0.2) is 35.4 Å². The van der Waals surface area contributed by atoms with Gasteiger partial charge in [-0.3, -0.25) is 4.98 Å². The summed E-state index contributed by atoms with van der Waals surface area (Å²) in [4.78, 5) is 8.81. The highest BCUT2D eigenvalue weighted by molar-refractivity contribution is 7.63. The summed E-state index contributed by atoms with van der Waals surface area (Å²) >= 11 is -0.558. The normalized spacial score (nSPS) is 25.6. The SMILES string of the molecule is CC(F)(F)C1(O)CC(N[SH]=O)(c2ncc(-c3ccc4nc5n(c4c3)CCC5)cc2F)C1. The first kappa shape index (κ1) is 20.6. The Morgan fingerprint density at radius 2 is 2.03 bits per heavy atom. The Hall–Kier alpha value is -2.30. The number of nitrogens with zero attached hydrogens (tertiary/aromatic N) is 3. The predicted octanol–water partition coefficient (Wildman–Crippen LogP) is 3.01. The average molecular weight is 450 g/mol. The number of pyridine rings is 1. The first-order valence-electron chi connectivity index (χ1n) is 10.0. The van der Waals surface area contributed by atoms with Crippen molar-refractivity contribution >= 4 is 22.9 Å². The Bertz CT molecular complexity index is 1200. The van der Waals surface area contributed by atoms with Gasteiger partial charge in [0, 0.05) is 44.5 Å². The molecular weight excluding hydrogens is 429 g/mol. The molecule has 31 heavy (non-hydrogen) atoms. The fourth-order valence-electron chi connectivity index (χ4n) is 4.78. The largest absolute Gasteiger partial charge is 0.383 e. The maximum Gasteiger partial charge on any atom is 0.273 e. The predicted molar refractivity (Wildman–Crippen MR) is 110 cm³/mol. The smallest absolute Gasteiger partial charge is 0.273 e. The Balaban J connectivity index is 1.50. The van der Waals surface area contributed by atoms with Gasteiger partial charge in [-0.25, -0.2) is 27.1 Å². The second-order valence-corrected chi connectivity index (χ2v) is 9.01. The first-order chi connectivity index (χ1) is 14.7. The van der Waals surface area contributed by atoms with Crippen LogP contribution in [0.15, 0.2) is 30.5 Å². The fraction of sp³-hybridized carbons (Fsp3) is 0.429. The van der Waals surface area contributed by atoms with Gasteiger partial charge in [0.25, 0.3) is 5.92 Å². The van der Waals surface area contributed by atoms with E-state index < -0.39 is 47.6 Å². The van der Waals surface area contributed by atoms with Crippen molar-refractivity contribution in [3.63, 3.8) is 0 Å². The molecule has 6 nitrogen and oxygen atoms in total. The number of halogens is 3. The minimum atomic E-state index is -3.38. The average Bonchev–Trinajstić information content (AvgIpc) is 3.26. The molecule has 0 atom stereocenters. The molecule has 1 aliphatic carbocycles. The van der Waals surface area contributed by atoms with Crippen LogP contribution in [0.2, 0.25) is 0 Å². The standard InChI is InChI=1S/C21H21F3N4O2S/c1-19(23,24)21(29)10-20(11-21,27-31-30)18-14(22)7-13(9-25-18)12-4-5-15-16(8-12)28-6-2-3-17(28)26-15/h4-5,7-9,29,31H,2-3,6,10-11H2,1H3,(H,27,30). The van der Waals surface area contributed by atoms with E-state index in [0.717, 1.165) is 41.8 Å². The van der Waals surface area contributed by atoms with Crippen molar-refractivity contribution in [3.05, 3.63) is 47.8 Å². The highest BCUT2D eigenvalue weighted by Gasteiger charge is 2.65. The molecule has 1 saturated carbocycles. The number of hydrogen-bond acceptors (Lipinski definition) is 4. The van der Waals surface area contributed by atoms with Crippen LogP contribution >= 0.6 is 0 Å². The summed E-state index contributed by atoms with van der Waals surface area (Å²) in [6.07, 6.45) is 2.44. The van der Waals surface area contributed by atoms with E-state index in [1.807, 2.05) is 18.2 Å². The number of nitrogens with one attached hydrogen (secondary N) is 1. The molecule has 0 saturated heterocycles. The molecule has 3 heterocycles. The van der Waals surface area contributed by atoms with E-state index >= 15 is 4.39 Å². The Kier molecular flexibility index (Phi) is 4.55. The number of aliphatic hydroxyl groups is 1. The third-order valence-electron chi connectivity index (χ3n) is 6.50. The van der Waals surface area contributed by atoms with Crippen molar-refractivity contribution in [2.75, 3.05) is 0 Å². The minimum absolute atomic E-state index is 0.139. The summed E-state index contributed by atoms with van der Waals surface area (Å²) in [5.74, 6) is -3.05. The number of benzene rings is 1. The summed E-state index contributed by atoms with van der Waals surface area (Å²) in [6.45, 7) is 1.51. The summed E-state index contributed by atoms with van der Waals surface area (Å²) in [5, 5.41) is 10.2. The first-order valence-corrected chi connectivity index (χ1v) is 10.8. The van der Waals surface area contributed by atoms with Gasteiger partial charge in [-0.05, 0) is 30.2 Å². The highest BCUT2D eigenvalue weighted by Crippen LogP contribution is 2.54. The second-order valence-electron chi connectivity index (χ2n) is 8.60. The zero-order valence-electron chi connectivity index (χ0n) is 16.7. The van der Waals surface area contributed by atoms with Gasteiger partial charge in [0.05, 0.1) is 34.1 Å². The Morgan fingerprint density at radius 1 is 1.26 bits per heavy atom. The lowest BCUT2D eigenvalue weighted by Crippen LogP contribution is -2.67. The molecule has 2 aromatic heterocycles. The van der Waals surface area contributed by atoms with E-state index in [4.69, 9.17) is 0 Å². The van der Waals surface area contributed by atoms with Crippen molar-refractivity contribution in [1.29, 1.82) is 0 Å². The number of aryl methyl sites for hydroxylation is 2. The van der Waals surface area contributed by atoms with Crippen LogP contribution in [0.1, 0.15) is 37.7 Å². The number of aromatic nitrogens is 3. The summed E-state index contributed by atoms with van der Waals surface area (Å²) in [7, 11) is 0. The molecule has 2 aliphatic rings. The number of alkyl halides is 2. The fourth-order valence-corrected chi connectivity index (χ4v) is 5.22. The topological polar surface area (TPSA) is 80.0 Å². The van der Waals surface area contributed by atoms with E-state index in [1.165, 1.54) is 12.3 Å². The molecule has 3 aromatic rings. The van der Waals surface area contributed by atoms with Gasteiger partial charge in [0.15, 0.2) is 0 Å². The third kappa shape index (κ3) is 3.11. The van der Waals surface area contributed by atoms with Crippen LogP contribution in [0.25, 0.3) is 22.2 Å². The molecular formula is C21H21F3N4O2S. The molecule has 164 valence electrons. The monoisotopic (exact) mass is 450 g/mol. The van der Waals surface area contributed by atoms with Crippen LogP contribution < -0.4 is 4.72 Å². The van der Waals surface area contributed by atoms with E-state index in [-0.39, 0.29) is 5.69 Å². The van der Waals surface area contributed by atoms with Crippen LogP contribution in [0, 0.1) is 5.82 Å². The van der Waals surface area contributed by atoms with Crippen LogP contribution in [0.4, 0.5) is 13.2 Å². The van der Waals surface area contributed by atoms with Gasteiger partial charge in [-0.1, -0.05) is 6.07 Å². The minimum Gasteiger partial charge on any atom is -0.383 e. The van der Waals surface area contributed by atoms with Crippen molar-refractivity contribution in [2.45, 2.75) is 56.2 Å². The molecule has 1 aliphatic heterocycles. The molecule has 0 spiro atoms. The Labute approximate surface area is 180 Å². The van der Waals surface area contributed by atoms with Crippen LogP contribution in [0.5, 0.6) is 0 Å². The third-order valence-corrected chi connectivity index (χ3v) is 7.02. The molecule has 0 amide bonds. The van der Waals surface area contributed by atoms with E-state index in [9.17, 15) is 18.1 Å². The summed E-state index contributed by atoms with van der Waals surface area (Å²) < 4.78 is 58.5. The summed E-state index contributed by atoms with van der Waals surface area (Å²) in [5.41, 5.74) is -0.736. The van der Waals surface area contributed by atoms with Gasteiger partial charge in [-0.15, -0.1) is 0 Å². The molecule has 2 N–H and O–H groups in total. The quantitative estimate of drug-likeness (QED) is 0.522. The second kappa shape index (κ2) is 6.85. The van der Waals surface area contributed by atoms with Crippen molar-refractivity contribution in [2.24, 2.45) is 0 Å². The lowest BCUT2D eigenvalue weighted by Gasteiger charge is -2.54. The van der Waals surface area contributed by atoms with Gasteiger partial charge in [0.1, 0.15) is 17.2 Å². The number of rotatable bonds is 5. The molecule has 0 radical (unpaired) electrons. The van der Waals surface area contributed by atoms with Crippen molar-refractivity contribution in [1.82, 2.24) is 19.3 Å². The maximum absolute atomic E-state index is 15.1. The van der Waals surface area contributed by atoms with Crippen LogP contribution in [-0.2, 0) is 30.4 Å². The maximum atomic E-state index is 15.1. The highest BCUT2D eigenvalue weighted by atomic mass is 32.2. The van der Waals surface area contributed by atoms with Gasteiger partial charge in [-0.2, -0.15) is 0 Å². The molecule has 0 bridgehead atoms. The molecule has 1 aromatic carbocycles. The number of hydrogen-bond donors (Lipinski definition) is 3. The summed E-state index contributed by atoms with van der Waals surface area (Å²) in [6, 6.07) is 6.95. The zero-order valence-corrected chi connectivity index (χ0v) is 17.6. The van der Waals surface area contributed by atoms with Gasteiger partial charge < -0.3 is 9.67 Å². The van der Waals surface area contributed by atoms with Crippen LogP contribution in [0.3, 0.4) is 0 Å². The number of fused-ring (bicyclic) bond motifs is 3. The number of imidazole rings is 1. The van der Waals surface area contributed by atoms with E-state index in [0.29, 0.717) is 12.5 Å². The number of thiol groups is 1. The van der Waals surface area contributed by atoms with Gasteiger partial charge in [0.2, 0.25) is 0 Å². The Morgan fingerprint density at radius 3 is 2.71 bits per heavy atom. The molecule has 5 rings (SSSR count). The molecule has 0 unspecified atom stereocenters. The van der Waals surface area contributed by atoms with Gasteiger partial charge >= 0.3 is 0 Å². The molecule has 1 fully saturated rings. The van der Waals surface area contributed by atoms with E-state index in [2.05, 4.69) is 19.3 Å². The van der Waals surface area contributed by atoms with Crippen molar-refractivity contribution in [3.8, 4) is 11.1 Å². The van der Waals surface area contributed by atoms with Crippen molar-refractivity contribution < 1.29 is 22.5 Å². The van der Waals surface area contributed by atoms with E-state index in [1.54, 1.807) is 0 Å². The molecule has 10 heteroatoms.